The van der Waals surface area contributed by atoms with E-state index in [1.807, 2.05) is 0 Å². The lowest BCUT2D eigenvalue weighted by Crippen LogP contribution is -2.33. The van der Waals surface area contributed by atoms with Gasteiger partial charge in [-0.15, -0.1) is 11.6 Å². The molecule has 0 fully saturated rings. The molecule has 0 amide bonds. The van der Waals surface area contributed by atoms with Crippen LogP contribution >= 0.6 is 11.6 Å². The van der Waals surface area contributed by atoms with E-state index < -0.39 is 33.0 Å². The maximum atomic E-state index is 11.6. The molecule has 0 saturated carbocycles. The van der Waals surface area contributed by atoms with E-state index in [-0.39, 0.29) is 6.42 Å². The van der Waals surface area contributed by atoms with E-state index in [2.05, 4.69) is 14.2 Å². The lowest BCUT2D eigenvalue weighted by atomic mass is 10.1. The summed E-state index contributed by atoms with van der Waals surface area (Å²) in [5.41, 5.74) is -0.792. The molecule has 0 rings (SSSR count). The van der Waals surface area contributed by atoms with Crippen molar-refractivity contribution in [2.24, 2.45) is 5.16 Å². The average molecular weight is 286 g/mol. The first-order valence-electron chi connectivity index (χ1n) is 4.46. The van der Waals surface area contributed by atoms with E-state index in [9.17, 15) is 18.0 Å². The normalized spacial score (nSPS) is 14.0. The summed E-state index contributed by atoms with van der Waals surface area (Å²) in [4.78, 5) is 27.1. The predicted molar refractivity (Wildman–Crippen MR) is 60.3 cm³/mol. The van der Waals surface area contributed by atoms with E-state index in [0.717, 1.165) is 7.11 Å². The first-order chi connectivity index (χ1) is 7.72. The largest absolute Gasteiger partial charge is 0.398 e. The number of rotatable bonds is 6. The molecule has 1 unspecified atom stereocenters. The van der Waals surface area contributed by atoms with Crippen LogP contribution in [0.5, 0.6) is 0 Å². The lowest BCUT2D eigenvalue weighted by molar-refractivity contribution is -0.127. The van der Waals surface area contributed by atoms with Crippen LogP contribution in [0, 0.1) is 0 Å². The number of halogens is 1. The fraction of sp³-hybridized carbons (Fsp3) is 0.625. The Morgan fingerprint density at radius 3 is 2.29 bits per heavy atom. The van der Waals surface area contributed by atoms with E-state index in [1.54, 1.807) is 6.92 Å². The number of oxime groups is 1. The number of carbonyl (C=O) groups is 2. The van der Waals surface area contributed by atoms with Crippen molar-refractivity contribution < 1.29 is 27.0 Å². The minimum Gasteiger partial charge on any atom is -0.398 e. The monoisotopic (exact) mass is 285 g/mol. The molecule has 0 aromatic heterocycles. The van der Waals surface area contributed by atoms with Crippen molar-refractivity contribution in [3.05, 3.63) is 0 Å². The molecule has 0 aromatic rings. The molecule has 7 nitrogen and oxygen atoms in total. The van der Waals surface area contributed by atoms with Crippen LogP contribution < -0.4 is 0 Å². The number of hydrogen-bond acceptors (Lipinski definition) is 7. The van der Waals surface area contributed by atoms with Crippen molar-refractivity contribution in [3.8, 4) is 0 Å². The maximum absolute atomic E-state index is 11.6. The van der Waals surface area contributed by atoms with Gasteiger partial charge in [0.25, 0.3) is 0 Å². The lowest BCUT2D eigenvalue weighted by Gasteiger charge is -2.06. The Labute approximate surface area is 104 Å². The third kappa shape index (κ3) is 5.64. The fourth-order valence-corrected chi connectivity index (χ4v) is 1.24. The van der Waals surface area contributed by atoms with Crippen LogP contribution in [0.3, 0.4) is 0 Å². The Balaban J connectivity index is 5.07. The molecule has 0 saturated heterocycles. The molecular weight excluding hydrogens is 274 g/mol. The summed E-state index contributed by atoms with van der Waals surface area (Å²) in [5, 5.41) is 2.12. The summed E-state index contributed by atoms with van der Waals surface area (Å²) < 4.78 is 25.5. The van der Waals surface area contributed by atoms with Crippen LogP contribution in [0.15, 0.2) is 5.16 Å². The van der Waals surface area contributed by atoms with Crippen molar-refractivity contribution in [2.45, 2.75) is 18.7 Å². The molecule has 17 heavy (non-hydrogen) atoms. The van der Waals surface area contributed by atoms with Gasteiger partial charge in [0.05, 0.1) is 11.6 Å². The standard InChI is InChI=1S/C8H12ClNO6S/c1-4-5(9)7(11)6(10-15-2)8(12)16-17(3,13)14/h5H,4H2,1-3H3. The SMILES string of the molecule is CCC(Cl)C(=O)C(=NOC)C(=O)OS(C)(=O)=O. The fourth-order valence-electron chi connectivity index (χ4n) is 0.785. The smallest absolute Gasteiger partial charge is 0.379 e. The van der Waals surface area contributed by atoms with Crippen molar-refractivity contribution in [3.63, 3.8) is 0 Å². The quantitative estimate of drug-likeness (QED) is 0.225. The summed E-state index contributed by atoms with van der Waals surface area (Å²) in [6.07, 6.45) is 0.910. The molecule has 0 aromatic carbocycles. The Morgan fingerprint density at radius 2 is 1.94 bits per heavy atom. The maximum Gasteiger partial charge on any atom is 0.379 e. The third-order valence-electron chi connectivity index (χ3n) is 1.48. The molecular formula is C8H12ClNO6S. The van der Waals surface area contributed by atoms with Crippen molar-refractivity contribution >= 4 is 39.2 Å². The molecule has 0 aliphatic rings. The van der Waals surface area contributed by atoms with Gasteiger partial charge < -0.3 is 9.02 Å². The number of ketones is 1. The van der Waals surface area contributed by atoms with Crippen LogP contribution in [0.1, 0.15) is 13.3 Å². The van der Waals surface area contributed by atoms with Gasteiger partial charge in [-0.05, 0) is 6.42 Å². The van der Waals surface area contributed by atoms with Crippen LogP contribution in [0.25, 0.3) is 0 Å². The summed E-state index contributed by atoms with van der Waals surface area (Å²) in [7, 11) is -2.94. The molecule has 98 valence electrons. The first kappa shape index (κ1) is 15.9. The van der Waals surface area contributed by atoms with Crippen LogP contribution in [0.2, 0.25) is 0 Å². The summed E-state index contributed by atoms with van der Waals surface area (Å²) in [6.45, 7) is 1.61. The highest BCUT2D eigenvalue weighted by Gasteiger charge is 2.30. The molecule has 0 aliphatic carbocycles. The van der Waals surface area contributed by atoms with Crippen molar-refractivity contribution in [1.82, 2.24) is 0 Å². The van der Waals surface area contributed by atoms with Gasteiger partial charge in [0.15, 0.2) is 0 Å². The molecule has 0 spiro atoms. The van der Waals surface area contributed by atoms with Crippen LogP contribution in [-0.2, 0) is 28.7 Å². The second-order valence-electron chi connectivity index (χ2n) is 2.94. The van der Waals surface area contributed by atoms with E-state index in [1.165, 1.54) is 0 Å². The summed E-state index contributed by atoms with van der Waals surface area (Å²) in [5.74, 6) is -2.27. The van der Waals surface area contributed by atoms with Gasteiger partial charge in [0.2, 0.25) is 11.5 Å². The zero-order valence-corrected chi connectivity index (χ0v) is 11.0. The highest BCUT2D eigenvalue weighted by molar-refractivity contribution is 7.86. The van der Waals surface area contributed by atoms with E-state index in [4.69, 9.17) is 11.6 Å². The van der Waals surface area contributed by atoms with E-state index >= 15 is 0 Å². The number of nitrogens with zero attached hydrogens (tertiary/aromatic N) is 1. The molecule has 9 heteroatoms. The van der Waals surface area contributed by atoms with Gasteiger partial charge in [0, 0.05) is 0 Å². The van der Waals surface area contributed by atoms with E-state index in [0.29, 0.717) is 6.26 Å². The van der Waals surface area contributed by atoms with Crippen LogP contribution in [-0.4, -0.2) is 44.6 Å². The minimum absolute atomic E-state index is 0.245. The van der Waals surface area contributed by atoms with Gasteiger partial charge in [0.1, 0.15) is 7.11 Å². The molecule has 0 heterocycles. The Hall–Kier alpha value is -1.15. The Kier molecular flexibility index (Phi) is 6.11. The van der Waals surface area contributed by atoms with Gasteiger partial charge in [-0.2, -0.15) is 8.42 Å². The van der Waals surface area contributed by atoms with Crippen molar-refractivity contribution in [1.29, 1.82) is 0 Å². The third-order valence-corrected chi connectivity index (χ3v) is 2.44. The molecule has 0 N–H and O–H groups in total. The summed E-state index contributed by atoms with van der Waals surface area (Å²) >= 11 is 5.62. The number of carbonyl (C=O) groups excluding carboxylic acids is 2. The predicted octanol–water partition coefficient (Wildman–Crippen LogP) is 0.0781. The zero-order valence-electron chi connectivity index (χ0n) is 9.47. The van der Waals surface area contributed by atoms with Gasteiger partial charge >= 0.3 is 16.1 Å². The first-order valence-corrected chi connectivity index (χ1v) is 6.71. The van der Waals surface area contributed by atoms with Gasteiger partial charge in [-0.25, -0.2) is 4.79 Å². The second kappa shape index (κ2) is 6.55. The molecule has 0 aliphatic heterocycles. The highest BCUT2D eigenvalue weighted by Crippen LogP contribution is 2.06. The minimum atomic E-state index is -4.03. The van der Waals surface area contributed by atoms with Gasteiger partial charge in [-0.3, -0.25) is 4.79 Å². The Morgan fingerprint density at radius 1 is 1.41 bits per heavy atom. The van der Waals surface area contributed by atoms with Crippen LogP contribution in [0.4, 0.5) is 0 Å². The molecule has 0 bridgehead atoms. The number of Topliss-reactive ketones (excluding diaryl/α,β-unsaturated/α-hetero) is 1. The topological polar surface area (TPSA) is 99.1 Å². The molecule has 0 radical (unpaired) electrons. The average Bonchev–Trinajstić information content (AvgIpc) is 2.21. The summed E-state index contributed by atoms with van der Waals surface area (Å²) in [6, 6.07) is 0. The highest BCUT2D eigenvalue weighted by atomic mass is 35.5. The van der Waals surface area contributed by atoms with Gasteiger partial charge in [-0.1, -0.05) is 12.1 Å². The Bertz CT molecular complexity index is 429. The second-order valence-corrected chi connectivity index (χ2v) is 5.04. The van der Waals surface area contributed by atoms with Crippen molar-refractivity contribution in [2.75, 3.05) is 13.4 Å². The number of alkyl halides is 1. The number of hydrogen-bond donors (Lipinski definition) is 0. The molecule has 1 atom stereocenters. The zero-order chi connectivity index (χ0) is 13.6.